The Bertz CT molecular complexity index is 261. The van der Waals surface area contributed by atoms with Gasteiger partial charge in [0.15, 0.2) is 0 Å². The van der Waals surface area contributed by atoms with Crippen LogP contribution in [0.3, 0.4) is 0 Å². The van der Waals surface area contributed by atoms with E-state index < -0.39 is 6.43 Å². The Morgan fingerprint density at radius 2 is 1.82 bits per heavy atom. The molecule has 0 radical (unpaired) electrons. The SMILES string of the molecule is Nc1cccc(C(F)F)c1N. The maximum absolute atomic E-state index is 12.1. The molecule has 60 valence electrons. The van der Waals surface area contributed by atoms with Gasteiger partial charge in [-0.05, 0) is 6.07 Å². The van der Waals surface area contributed by atoms with Crippen molar-refractivity contribution >= 4 is 11.4 Å². The number of benzene rings is 1. The van der Waals surface area contributed by atoms with Crippen molar-refractivity contribution in [1.29, 1.82) is 0 Å². The Morgan fingerprint density at radius 3 is 2.27 bits per heavy atom. The van der Waals surface area contributed by atoms with Crippen LogP contribution in [0.1, 0.15) is 12.0 Å². The second-order valence-corrected chi connectivity index (χ2v) is 2.15. The van der Waals surface area contributed by atoms with E-state index in [2.05, 4.69) is 0 Å². The zero-order valence-corrected chi connectivity index (χ0v) is 5.72. The molecule has 2 nitrogen and oxygen atoms in total. The van der Waals surface area contributed by atoms with Gasteiger partial charge in [0.05, 0.1) is 11.4 Å². The summed E-state index contributed by atoms with van der Waals surface area (Å²) in [6, 6.07) is 4.20. The molecule has 0 spiro atoms. The number of hydrogen-bond acceptors (Lipinski definition) is 2. The first-order valence-corrected chi connectivity index (χ1v) is 3.05. The summed E-state index contributed by atoms with van der Waals surface area (Å²) >= 11 is 0. The number of nitrogen functional groups attached to an aromatic ring is 2. The van der Waals surface area contributed by atoms with Crippen LogP contribution in [0.5, 0.6) is 0 Å². The molecule has 0 aliphatic carbocycles. The molecule has 0 aliphatic heterocycles. The molecule has 4 heteroatoms. The molecule has 1 rings (SSSR count). The van der Waals surface area contributed by atoms with Crippen LogP contribution in [0.25, 0.3) is 0 Å². The maximum Gasteiger partial charge on any atom is 0.265 e. The van der Waals surface area contributed by atoms with Gasteiger partial charge in [-0.2, -0.15) is 0 Å². The second-order valence-electron chi connectivity index (χ2n) is 2.15. The minimum absolute atomic E-state index is 0.0255. The third kappa shape index (κ3) is 1.39. The lowest BCUT2D eigenvalue weighted by Crippen LogP contribution is -1.99. The van der Waals surface area contributed by atoms with Crippen molar-refractivity contribution in [3.63, 3.8) is 0 Å². The van der Waals surface area contributed by atoms with Gasteiger partial charge in [0.1, 0.15) is 0 Å². The van der Waals surface area contributed by atoms with Crippen LogP contribution in [0, 0.1) is 0 Å². The fourth-order valence-corrected chi connectivity index (χ4v) is 0.792. The van der Waals surface area contributed by atoms with Gasteiger partial charge in [0.25, 0.3) is 6.43 Å². The molecule has 0 fully saturated rings. The molecule has 1 aromatic rings. The molecule has 0 aromatic heterocycles. The standard InChI is InChI=1S/C7H8F2N2/c8-7(9)4-2-1-3-5(10)6(4)11/h1-3,7H,10-11H2. The maximum atomic E-state index is 12.1. The van der Waals surface area contributed by atoms with Gasteiger partial charge in [-0.15, -0.1) is 0 Å². The van der Waals surface area contributed by atoms with Gasteiger partial charge < -0.3 is 11.5 Å². The first-order chi connectivity index (χ1) is 5.13. The van der Waals surface area contributed by atoms with Crippen LogP contribution in [0.15, 0.2) is 18.2 Å². The third-order valence-electron chi connectivity index (χ3n) is 1.41. The fourth-order valence-electron chi connectivity index (χ4n) is 0.792. The van der Waals surface area contributed by atoms with E-state index in [1.54, 1.807) is 0 Å². The molecule has 0 unspecified atom stereocenters. The molecule has 0 saturated carbocycles. The summed E-state index contributed by atoms with van der Waals surface area (Å²) < 4.78 is 24.1. The molecule has 0 heterocycles. The normalized spacial score (nSPS) is 10.5. The summed E-state index contributed by atoms with van der Waals surface area (Å²) in [4.78, 5) is 0. The minimum Gasteiger partial charge on any atom is -0.397 e. The molecule has 0 saturated heterocycles. The van der Waals surface area contributed by atoms with E-state index in [1.807, 2.05) is 0 Å². The Hall–Kier alpha value is -1.32. The van der Waals surface area contributed by atoms with Crippen molar-refractivity contribution in [3.05, 3.63) is 23.8 Å². The highest BCUT2D eigenvalue weighted by Crippen LogP contribution is 2.28. The summed E-state index contributed by atoms with van der Waals surface area (Å²) in [5.41, 5.74) is 10.5. The van der Waals surface area contributed by atoms with E-state index in [4.69, 9.17) is 11.5 Å². The van der Waals surface area contributed by atoms with E-state index in [-0.39, 0.29) is 16.9 Å². The molecular formula is C7H8F2N2. The lowest BCUT2D eigenvalue weighted by Gasteiger charge is -2.05. The van der Waals surface area contributed by atoms with Gasteiger partial charge in [0.2, 0.25) is 0 Å². The zero-order chi connectivity index (χ0) is 8.43. The lowest BCUT2D eigenvalue weighted by molar-refractivity contribution is 0.152. The van der Waals surface area contributed by atoms with Crippen LogP contribution in [-0.4, -0.2) is 0 Å². The van der Waals surface area contributed by atoms with Crippen LogP contribution in [-0.2, 0) is 0 Å². The van der Waals surface area contributed by atoms with Crippen molar-refractivity contribution in [3.8, 4) is 0 Å². The topological polar surface area (TPSA) is 52.0 Å². The minimum atomic E-state index is -2.56. The van der Waals surface area contributed by atoms with Crippen LogP contribution < -0.4 is 11.5 Å². The van der Waals surface area contributed by atoms with E-state index in [1.165, 1.54) is 18.2 Å². The predicted molar refractivity (Wildman–Crippen MR) is 40.2 cm³/mol. The highest BCUT2D eigenvalue weighted by atomic mass is 19.3. The van der Waals surface area contributed by atoms with Crippen molar-refractivity contribution < 1.29 is 8.78 Å². The molecule has 0 bridgehead atoms. The molecule has 11 heavy (non-hydrogen) atoms. The van der Waals surface area contributed by atoms with Gasteiger partial charge in [-0.3, -0.25) is 0 Å². The van der Waals surface area contributed by atoms with Crippen LogP contribution in [0.2, 0.25) is 0 Å². The van der Waals surface area contributed by atoms with Gasteiger partial charge >= 0.3 is 0 Å². The second kappa shape index (κ2) is 2.74. The van der Waals surface area contributed by atoms with Crippen molar-refractivity contribution in [1.82, 2.24) is 0 Å². The Kier molecular flexibility index (Phi) is 1.94. The average molecular weight is 158 g/mol. The quantitative estimate of drug-likeness (QED) is 0.612. The largest absolute Gasteiger partial charge is 0.397 e. The first-order valence-electron chi connectivity index (χ1n) is 3.05. The van der Waals surface area contributed by atoms with E-state index in [9.17, 15) is 8.78 Å². The van der Waals surface area contributed by atoms with E-state index in [0.717, 1.165) is 0 Å². The van der Waals surface area contributed by atoms with Gasteiger partial charge in [-0.1, -0.05) is 12.1 Å². The Balaban J connectivity index is 3.17. The summed E-state index contributed by atoms with van der Waals surface area (Å²) in [7, 11) is 0. The fraction of sp³-hybridized carbons (Fsp3) is 0.143. The number of hydrogen-bond donors (Lipinski definition) is 2. The van der Waals surface area contributed by atoms with E-state index >= 15 is 0 Å². The number of rotatable bonds is 1. The summed E-state index contributed by atoms with van der Waals surface area (Å²) in [6.07, 6.45) is -2.56. The summed E-state index contributed by atoms with van der Waals surface area (Å²) in [6.45, 7) is 0. The first kappa shape index (κ1) is 7.78. The van der Waals surface area contributed by atoms with Crippen molar-refractivity contribution in [2.45, 2.75) is 6.43 Å². The molecule has 4 N–H and O–H groups in total. The van der Waals surface area contributed by atoms with E-state index in [0.29, 0.717) is 0 Å². The van der Waals surface area contributed by atoms with Crippen LogP contribution >= 0.6 is 0 Å². The third-order valence-corrected chi connectivity index (χ3v) is 1.41. The highest BCUT2D eigenvalue weighted by Gasteiger charge is 2.11. The molecule has 0 amide bonds. The summed E-state index contributed by atoms with van der Waals surface area (Å²) in [5.74, 6) is 0. The van der Waals surface area contributed by atoms with Crippen LogP contribution in [0.4, 0.5) is 20.2 Å². The average Bonchev–Trinajstić information content (AvgIpc) is 1.94. The summed E-state index contributed by atoms with van der Waals surface area (Å²) in [5, 5.41) is 0. The van der Waals surface area contributed by atoms with Gasteiger partial charge in [-0.25, -0.2) is 8.78 Å². The number of halogens is 2. The molecular weight excluding hydrogens is 150 g/mol. The predicted octanol–water partition coefficient (Wildman–Crippen LogP) is 1.79. The zero-order valence-electron chi connectivity index (χ0n) is 5.72. The monoisotopic (exact) mass is 158 g/mol. The lowest BCUT2D eigenvalue weighted by atomic mass is 10.1. The Morgan fingerprint density at radius 1 is 1.18 bits per heavy atom. The van der Waals surface area contributed by atoms with Gasteiger partial charge in [0, 0.05) is 5.56 Å². The number of anilines is 2. The highest BCUT2D eigenvalue weighted by molar-refractivity contribution is 5.67. The number of para-hydroxylation sites is 1. The number of alkyl halides is 2. The number of nitrogens with two attached hydrogens (primary N) is 2. The van der Waals surface area contributed by atoms with Crippen molar-refractivity contribution in [2.24, 2.45) is 0 Å². The smallest absolute Gasteiger partial charge is 0.265 e. The van der Waals surface area contributed by atoms with Crippen molar-refractivity contribution in [2.75, 3.05) is 11.5 Å². The molecule has 0 atom stereocenters. The molecule has 0 aliphatic rings. The Labute approximate surface area is 62.8 Å². The molecule has 1 aromatic carbocycles.